The van der Waals surface area contributed by atoms with Gasteiger partial charge in [0.1, 0.15) is 5.75 Å². The number of nitrogens with zero attached hydrogens (tertiary/aromatic N) is 6. The first kappa shape index (κ1) is 20.0. The fourth-order valence-corrected chi connectivity index (χ4v) is 4.36. The zero-order valence-electron chi connectivity index (χ0n) is 17.7. The van der Waals surface area contributed by atoms with Crippen LogP contribution in [0.3, 0.4) is 0 Å². The van der Waals surface area contributed by atoms with Crippen molar-refractivity contribution >= 4 is 16.8 Å². The number of rotatable bonds is 6. The summed E-state index contributed by atoms with van der Waals surface area (Å²) in [7, 11) is 1.67. The van der Waals surface area contributed by atoms with Crippen molar-refractivity contribution in [2.24, 2.45) is 0 Å². The number of aryl methyl sites for hydroxylation is 1. The molecule has 0 atom stereocenters. The first-order valence-electron chi connectivity index (χ1n) is 10.7. The molecule has 0 radical (unpaired) electrons. The van der Waals surface area contributed by atoms with Gasteiger partial charge in [-0.3, -0.25) is 9.69 Å². The Morgan fingerprint density at radius 1 is 1.26 bits per heavy atom. The summed E-state index contributed by atoms with van der Waals surface area (Å²) in [6.07, 6.45) is 1.20. The van der Waals surface area contributed by atoms with Crippen LogP contribution in [-0.4, -0.2) is 80.9 Å². The molecular formula is C21H27N7O3. The number of morpholine rings is 1. The summed E-state index contributed by atoms with van der Waals surface area (Å²) in [6.45, 7) is 5.69. The van der Waals surface area contributed by atoms with Crippen LogP contribution in [0.2, 0.25) is 0 Å². The Labute approximate surface area is 180 Å². The average Bonchev–Trinajstić information content (AvgIpc) is 3.41. The standard InChI is InChI=1S/C21H27N7O3/c1-30-15-2-3-18-16(12-15)17-13-27(6-4-19(17)22-18)21(29)5-7-28-20(23-24-25-28)14-26-8-10-31-11-9-26/h2-3,12,22H,4-11,13-14H2,1H3. The van der Waals surface area contributed by atoms with Gasteiger partial charge in [-0.25, -0.2) is 4.68 Å². The number of aromatic nitrogens is 5. The van der Waals surface area contributed by atoms with Crippen molar-refractivity contribution in [3.63, 3.8) is 0 Å². The van der Waals surface area contributed by atoms with E-state index < -0.39 is 0 Å². The van der Waals surface area contributed by atoms with E-state index in [1.165, 1.54) is 11.3 Å². The molecule has 164 valence electrons. The molecule has 3 aromatic rings. The molecule has 10 nitrogen and oxygen atoms in total. The summed E-state index contributed by atoms with van der Waals surface area (Å²) in [4.78, 5) is 20.7. The van der Waals surface area contributed by atoms with E-state index in [-0.39, 0.29) is 5.91 Å². The summed E-state index contributed by atoms with van der Waals surface area (Å²) < 4.78 is 12.5. The minimum Gasteiger partial charge on any atom is -0.497 e. The maximum atomic E-state index is 13.0. The van der Waals surface area contributed by atoms with Gasteiger partial charge >= 0.3 is 0 Å². The zero-order chi connectivity index (χ0) is 21.2. The normalized spacial score (nSPS) is 17.1. The zero-order valence-corrected chi connectivity index (χ0v) is 17.7. The third-order valence-corrected chi connectivity index (χ3v) is 6.15. The van der Waals surface area contributed by atoms with E-state index in [1.807, 2.05) is 23.1 Å². The summed E-state index contributed by atoms with van der Waals surface area (Å²) >= 11 is 0. The Bertz CT molecular complexity index is 1070. The van der Waals surface area contributed by atoms with Gasteiger partial charge < -0.3 is 19.4 Å². The molecule has 2 aliphatic heterocycles. The fourth-order valence-electron chi connectivity index (χ4n) is 4.36. The lowest BCUT2D eigenvalue weighted by molar-refractivity contribution is -0.132. The second-order valence-corrected chi connectivity index (χ2v) is 8.02. The van der Waals surface area contributed by atoms with Crippen LogP contribution in [-0.2, 0) is 35.6 Å². The average molecular weight is 425 g/mol. The number of carbonyl (C=O) groups excluding carboxylic acids is 1. The Morgan fingerprint density at radius 3 is 2.97 bits per heavy atom. The number of amides is 1. The highest BCUT2D eigenvalue weighted by Gasteiger charge is 2.24. The Balaban J connectivity index is 1.23. The Kier molecular flexibility index (Phi) is 5.56. The van der Waals surface area contributed by atoms with Crippen LogP contribution >= 0.6 is 0 Å². The lowest BCUT2D eigenvalue weighted by atomic mass is 10.0. The molecule has 4 heterocycles. The molecule has 2 aromatic heterocycles. The number of nitrogens with one attached hydrogen (secondary N) is 1. The van der Waals surface area contributed by atoms with Crippen molar-refractivity contribution < 1.29 is 14.3 Å². The van der Waals surface area contributed by atoms with Crippen molar-refractivity contribution in [2.45, 2.75) is 32.5 Å². The number of carbonyl (C=O) groups is 1. The summed E-state index contributed by atoms with van der Waals surface area (Å²) in [5.74, 6) is 1.74. The second kappa shape index (κ2) is 8.64. The molecule has 1 N–H and O–H groups in total. The third-order valence-electron chi connectivity index (χ3n) is 6.15. The fraction of sp³-hybridized carbons (Fsp3) is 0.524. The molecule has 0 bridgehead atoms. The summed E-state index contributed by atoms with van der Waals surface area (Å²) in [5, 5.41) is 13.2. The number of hydrogen-bond donors (Lipinski definition) is 1. The predicted molar refractivity (Wildman–Crippen MR) is 113 cm³/mol. The van der Waals surface area contributed by atoms with Crippen molar-refractivity contribution in [3.05, 3.63) is 35.3 Å². The van der Waals surface area contributed by atoms with E-state index >= 15 is 0 Å². The highest BCUT2D eigenvalue weighted by Crippen LogP contribution is 2.30. The van der Waals surface area contributed by atoms with Crippen molar-refractivity contribution in [1.29, 1.82) is 0 Å². The van der Waals surface area contributed by atoms with Gasteiger partial charge in [0.15, 0.2) is 5.82 Å². The van der Waals surface area contributed by atoms with Crippen LogP contribution in [0.25, 0.3) is 10.9 Å². The van der Waals surface area contributed by atoms with Gasteiger partial charge in [-0.1, -0.05) is 0 Å². The maximum Gasteiger partial charge on any atom is 0.224 e. The monoisotopic (exact) mass is 425 g/mol. The highest BCUT2D eigenvalue weighted by molar-refractivity contribution is 5.87. The number of ether oxygens (including phenoxy) is 2. The molecule has 0 unspecified atom stereocenters. The molecule has 0 spiro atoms. The Hall–Kier alpha value is -2.98. The Morgan fingerprint density at radius 2 is 2.13 bits per heavy atom. The van der Waals surface area contributed by atoms with Gasteiger partial charge in [0.2, 0.25) is 5.91 Å². The van der Waals surface area contributed by atoms with E-state index in [4.69, 9.17) is 9.47 Å². The molecule has 5 rings (SSSR count). The van der Waals surface area contributed by atoms with Gasteiger partial charge in [0.05, 0.1) is 33.4 Å². The molecule has 1 amide bonds. The summed E-state index contributed by atoms with van der Waals surface area (Å²) in [6, 6.07) is 6.03. The molecule has 1 aromatic carbocycles. The number of hydrogen-bond acceptors (Lipinski definition) is 7. The van der Waals surface area contributed by atoms with Gasteiger partial charge in [0.25, 0.3) is 0 Å². The SMILES string of the molecule is COc1ccc2[nH]c3c(c2c1)CN(C(=O)CCn1nnnc1CN1CCOCC1)CC3. The van der Waals surface area contributed by atoms with E-state index in [0.29, 0.717) is 32.6 Å². The van der Waals surface area contributed by atoms with E-state index in [9.17, 15) is 4.79 Å². The maximum absolute atomic E-state index is 13.0. The topological polar surface area (TPSA) is 101 Å². The smallest absolute Gasteiger partial charge is 0.224 e. The molecular weight excluding hydrogens is 398 g/mol. The number of benzene rings is 1. The number of aromatic amines is 1. The molecule has 0 aliphatic carbocycles. The van der Waals surface area contributed by atoms with Crippen LogP contribution in [0.4, 0.5) is 0 Å². The predicted octanol–water partition coefficient (Wildman–Crippen LogP) is 0.970. The van der Waals surface area contributed by atoms with Gasteiger partial charge in [-0.15, -0.1) is 5.10 Å². The minimum absolute atomic E-state index is 0.121. The molecule has 31 heavy (non-hydrogen) atoms. The van der Waals surface area contributed by atoms with Crippen LogP contribution in [0.15, 0.2) is 18.2 Å². The second-order valence-electron chi connectivity index (χ2n) is 8.02. The van der Waals surface area contributed by atoms with Crippen LogP contribution in [0.1, 0.15) is 23.5 Å². The number of methoxy groups -OCH3 is 1. The molecule has 1 fully saturated rings. The van der Waals surface area contributed by atoms with Crippen molar-refractivity contribution in [3.8, 4) is 5.75 Å². The van der Waals surface area contributed by atoms with E-state index in [1.54, 1.807) is 11.8 Å². The largest absolute Gasteiger partial charge is 0.497 e. The lowest BCUT2D eigenvalue weighted by Gasteiger charge is -2.27. The van der Waals surface area contributed by atoms with Gasteiger partial charge in [-0.2, -0.15) is 0 Å². The van der Waals surface area contributed by atoms with Crippen molar-refractivity contribution in [1.82, 2.24) is 35.0 Å². The van der Waals surface area contributed by atoms with Crippen molar-refractivity contribution in [2.75, 3.05) is 40.0 Å². The first-order chi connectivity index (χ1) is 15.2. The van der Waals surface area contributed by atoms with Crippen LogP contribution in [0, 0.1) is 0 Å². The molecule has 0 saturated carbocycles. The third kappa shape index (κ3) is 4.13. The number of tetrazole rings is 1. The number of H-pyrrole nitrogens is 1. The molecule has 1 saturated heterocycles. The van der Waals surface area contributed by atoms with E-state index in [2.05, 4.69) is 25.4 Å². The molecule has 10 heteroatoms. The van der Waals surface area contributed by atoms with Gasteiger partial charge in [0, 0.05) is 61.2 Å². The number of fused-ring (bicyclic) bond motifs is 3. The summed E-state index contributed by atoms with van der Waals surface area (Å²) in [5.41, 5.74) is 3.48. The first-order valence-corrected chi connectivity index (χ1v) is 10.7. The van der Waals surface area contributed by atoms with Crippen LogP contribution in [0.5, 0.6) is 5.75 Å². The lowest BCUT2D eigenvalue weighted by Crippen LogP contribution is -2.37. The quantitative estimate of drug-likeness (QED) is 0.628. The molecule has 2 aliphatic rings. The minimum atomic E-state index is 0.121. The van der Waals surface area contributed by atoms with Gasteiger partial charge in [-0.05, 0) is 28.6 Å². The highest BCUT2D eigenvalue weighted by atomic mass is 16.5. The van der Waals surface area contributed by atoms with Crippen LogP contribution < -0.4 is 4.74 Å². The van der Waals surface area contributed by atoms with E-state index in [0.717, 1.165) is 55.2 Å².